The average molecular weight is 327 g/mol. The van der Waals surface area contributed by atoms with Crippen LogP contribution in [0.1, 0.15) is 32.8 Å². The lowest BCUT2D eigenvalue weighted by Crippen LogP contribution is -2.22. The Labute approximate surface area is 122 Å². The molecule has 0 fully saturated rings. The van der Waals surface area contributed by atoms with Crippen LogP contribution < -0.4 is 4.74 Å². The number of rotatable bonds is 6. The van der Waals surface area contributed by atoms with Crippen LogP contribution in [0.3, 0.4) is 0 Å². The largest absolute Gasteiger partial charge is 0.488 e. The number of halogens is 1. The number of carbonyl (C=O) groups is 1. The minimum atomic E-state index is -0.815. The SMILES string of the molecule is C=C(C)COc1cccc(C(C)(C)CC(=O)O)c1Br. The summed E-state index contributed by atoms with van der Waals surface area (Å²) in [5.74, 6) is -0.107. The standard InChI is InChI=1S/C15H19BrO3/c1-10(2)9-19-12-7-5-6-11(14(12)16)15(3,4)8-13(17)18/h5-7H,1,8-9H2,2-4H3,(H,17,18). The van der Waals surface area contributed by atoms with Crippen LogP contribution in [0, 0.1) is 0 Å². The van der Waals surface area contributed by atoms with Crippen molar-refractivity contribution in [2.75, 3.05) is 6.61 Å². The van der Waals surface area contributed by atoms with E-state index in [-0.39, 0.29) is 6.42 Å². The van der Waals surface area contributed by atoms with Gasteiger partial charge in [0, 0.05) is 5.41 Å². The molecule has 0 spiro atoms. The summed E-state index contributed by atoms with van der Waals surface area (Å²) in [6.45, 7) is 9.95. The molecule has 0 radical (unpaired) electrons. The third kappa shape index (κ3) is 4.39. The molecule has 0 aliphatic carbocycles. The van der Waals surface area contributed by atoms with Crippen LogP contribution in [-0.2, 0) is 10.2 Å². The molecule has 1 aromatic rings. The van der Waals surface area contributed by atoms with Gasteiger partial charge in [0.05, 0.1) is 10.9 Å². The van der Waals surface area contributed by atoms with E-state index in [1.165, 1.54) is 0 Å². The topological polar surface area (TPSA) is 46.5 Å². The van der Waals surface area contributed by atoms with Crippen molar-refractivity contribution in [2.45, 2.75) is 32.6 Å². The molecule has 0 atom stereocenters. The monoisotopic (exact) mass is 326 g/mol. The number of hydrogen-bond donors (Lipinski definition) is 1. The Bertz CT molecular complexity index is 492. The summed E-state index contributed by atoms with van der Waals surface area (Å²) in [6.07, 6.45) is 0.0650. The number of carboxylic acid groups (broad SMARTS) is 1. The second-order valence-electron chi connectivity index (χ2n) is 5.32. The predicted octanol–water partition coefficient (Wildman–Crippen LogP) is 4.16. The fourth-order valence-electron chi connectivity index (χ4n) is 1.82. The Balaban J connectivity index is 3.06. The van der Waals surface area contributed by atoms with Crippen molar-refractivity contribution in [3.8, 4) is 5.75 Å². The van der Waals surface area contributed by atoms with Crippen molar-refractivity contribution < 1.29 is 14.6 Å². The summed E-state index contributed by atoms with van der Waals surface area (Å²) < 4.78 is 6.45. The highest BCUT2D eigenvalue weighted by Crippen LogP contribution is 2.38. The third-order valence-corrected chi connectivity index (χ3v) is 3.58. The first kappa shape index (κ1) is 15.8. The maximum absolute atomic E-state index is 10.9. The van der Waals surface area contributed by atoms with E-state index >= 15 is 0 Å². The molecule has 4 heteroatoms. The van der Waals surface area contributed by atoms with E-state index in [9.17, 15) is 4.79 Å². The zero-order valence-corrected chi connectivity index (χ0v) is 13.1. The molecule has 1 aromatic carbocycles. The van der Waals surface area contributed by atoms with Gasteiger partial charge in [-0.3, -0.25) is 4.79 Å². The Morgan fingerprint density at radius 3 is 2.63 bits per heavy atom. The maximum Gasteiger partial charge on any atom is 0.304 e. The van der Waals surface area contributed by atoms with Crippen LogP contribution in [0.25, 0.3) is 0 Å². The van der Waals surface area contributed by atoms with Crippen molar-refractivity contribution in [3.63, 3.8) is 0 Å². The predicted molar refractivity (Wildman–Crippen MR) is 79.7 cm³/mol. The number of hydrogen-bond acceptors (Lipinski definition) is 2. The molecule has 0 unspecified atom stereocenters. The van der Waals surface area contributed by atoms with Gasteiger partial charge >= 0.3 is 5.97 Å². The molecule has 0 aromatic heterocycles. The number of ether oxygens (including phenoxy) is 1. The Morgan fingerprint density at radius 1 is 1.47 bits per heavy atom. The van der Waals surface area contributed by atoms with Crippen LogP contribution in [0.4, 0.5) is 0 Å². The fraction of sp³-hybridized carbons (Fsp3) is 0.400. The van der Waals surface area contributed by atoms with E-state index in [0.717, 1.165) is 15.6 Å². The van der Waals surface area contributed by atoms with Crippen molar-refractivity contribution in [2.24, 2.45) is 0 Å². The highest BCUT2D eigenvalue weighted by atomic mass is 79.9. The first-order valence-electron chi connectivity index (χ1n) is 6.02. The van der Waals surface area contributed by atoms with Crippen LogP contribution in [0.5, 0.6) is 5.75 Å². The molecular formula is C15H19BrO3. The molecule has 1 rings (SSSR count). The number of aliphatic carboxylic acids is 1. The van der Waals surface area contributed by atoms with Gasteiger partial charge in [-0.05, 0) is 40.1 Å². The van der Waals surface area contributed by atoms with Gasteiger partial charge in [0.2, 0.25) is 0 Å². The highest BCUT2D eigenvalue weighted by molar-refractivity contribution is 9.10. The second-order valence-corrected chi connectivity index (χ2v) is 6.11. The first-order chi connectivity index (χ1) is 8.74. The minimum Gasteiger partial charge on any atom is -0.488 e. The minimum absolute atomic E-state index is 0.0650. The van der Waals surface area contributed by atoms with Gasteiger partial charge in [0.1, 0.15) is 12.4 Å². The van der Waals surface area contributed by atoms with E-state index in [1.807, 2.05) is 39.0 Å². The first-order valence-corrected chi connectivity index (χ1v) is 6.81. The molecule has 0 amide bonds. The molecule has 0 bridgehead atoms. The van der Waals surface area contributed by atoms with E-state index in [0.29, 0.717) is 12.4 Å². The van der Waals surface area contributed by atoms with Crippen molar-refractivity contribution >= 4 is 21.9 Å². The lowest BCUT2D eigenvalue weighted by Gasteiger charge is -2.25. The summed E-state index contributed by atoms with van der Waals surface area (Å²) in [7, 11) is 0. The summed E-state index contributed by atoms with van der Waals surface area (Å²) in [5, 5.41) is 8.99. The molecule has 104 valence electrons. The molecule has 1 N–H and O–H groups in total. The van der Waals surface area contributed by atoms with Crippen LogP contribution in [-0.4, -0.2) is 17.7 Å². The Hall–Kier alpha value is -1.29. The Kier molecular flexibility index (Phi) is 5.18. The van der Waals surface area contributed by atoms with Gasteiger partial charge in [0.15, 0.2) is 0 Å². The van der Waals surface area contributed by atoms with Gasteiger partial charge in [-0.15, -0.1) is 0 Å². The zero-order chi connectivity index (χ0) is 14.6. The van der Waals surface area contributed by atoms with Crippen LogP contribution in [0.15, 0.2) is 34.8 Å². The van der Waals surface area contributed by atoms with E-state index < -0.39 is 11.4 Å². The normalized spacial score (nSPS) is 11.2. The number of carboxylic acids is 1. The number of benzene rings is 1. The molecule has 3 nitrogen and oxygen atoms in total. The smallest absolute Gasteiger partial charge is 0.304 e. The van der Waals surface area contributed by atoms with Gasteiger partial charge in [-0.2, -0.15) is 0 Å². The molecule has 0 heterocycles. The molecule has 0 aliphatic heterocycles. The average Bonchev–Trinajstić information content (AvgIpc) is 2.25. The van der Waals surface area contributed by atoms with Crippen molar-refractivity contribution in [1.29, 1.82) is 0 Å². The molecule has 19 heavy (non-hydrogen) atoms. The molecular weight excluding hydrogens is 308 g/mol. The lowest BCUT2D eigenvalue weighted by molar-refractivity contribution is -0.138. The summed E-state index contributed by atoms with van der Waals surface area (Å²) >= 11 is 3.51. The van der Waals surface area contributed by atoms with Crippen molar-refractivity contribution in [3.05, 3.63) is 40.4 Å². The van der Waals surface area contributed by atoms with E-state index in [1.54, 1.807) is 0 Å². The van der Waals surface area contributed by atoms with Gasteiger partial charge in [-0.25, -0.2) is 0 Å². The van der Waals surface area contributed by atoms with Gasteiger partial charge < -0.3 is 9.84 Å². The fourth-order valence-corrected chi connectivity index (χ4v) is 2.73. The van der Waals surface area contributed by atoms with Gasteiger partial charge in [-0.1, -0.05) is 32.6 Å². The summed E-state index contributed by atoms with van der Waals surface area (Å²) in [6, 6.07) is 5.64. The quantitative estimate of drug-likeness (QED) is 0.798. The van der Waals surface area contributed by atoms with Crippen LogP contribution >= 0.6 is 15.9 Å². The van der Waals surface area contributed by atoms with Crippen LogP contribution in [0.2, 0.25) is 0 Å². The highest BCUT2D eigenvalue weighted by Gasteiger charge is 2.27. The Morgan fingerprint density at radius 2 is 2.11 bits per heavy atom. The van der Waals surface area contributed by atoms with E-state index in [4.69, 9.17) is 9.84 Å². The van der Waals surface area contributed by atoms with Crippen molar-refractivity contribution in [1.82, 2.24) is 0 Å². The maximum atomic E-state index is 10.9. The summed E-state index contributed by atoms with van der Waals surface area (Å²) in [4.78, 5) is 10.9. The summed E-state index contributed by atoms with van der Waals surface area (Å²) in [5.41, 5.74) is 1.39. The molecule has 0 saturated carbocycles. The lowest BCUT2D eigenvalue weighted by atomic mass is 9.81. The van der Waals surface area contributed by atoms with Gasteiger partial charge in [0.25, 0.3) is 0 Å². The zero-order valence-electron chi connectivity index (χ0n) is 11.5. The third-order valence-electron chi connectivity index (χ3n) is 2.76. The van der Waals surface area contributed by atoms with E-state index in [2.05, 4.69) is 22.5 Å². The second kappa shape index (κ2) is 6.24. The molecule has 0 saturated heterocycles. The molecule has 0 aliphatic rings.